The van der Waals surface area contributed by atoms with Crippen molar-refractivity contribution in [3.63, 3.8) is 0 Å². The first-order valence-corrected chi connectivity index (χ1v) is 6.88. The van der Waals surface area contributed by atoms with Gasteiger partial charge in [0.2, 0.25) is 0 Å². The molecule has 1 aromatic carbocycles. The van der Waals surface area contributed by atoms with E-state index >= 15 is 0 Å². The first-order chi connectivity index (χ1) is 9.11. The Kier molecular flexibility index (Phi) is 4.77. The van der Waals surface area contributed by atoms with Crippen molar-refractivity contribution in [2.75, 3.05) is 38.6 Å². The summed E-state index contributed by atoms with van der Waals surface area (Å²) >= 11 is 0. The van der Waals surface area contributed by atoms with Crippen LogP contribution in [0.3, 0.4) is 0 Å². The summed E-state index contributed by atoms with van der Waals surface area (Å²) in [4.78, 5) is 2.42. The number of likely N-dealkylation sites (tertiary alicyclic amines) is 1. The van der Waals surface area contributed by atoms with Crippen molar-refractivity contribution in [2.45, 2.75) is 25.4 Å². The fourth-order valence-electron chi connectivity index (χ4n) is 2.59. The number of anilines is 1. The number of methoxy groups -OCH3 is 1. The van der Waals surface area contributed by atoms with E-state index in [9.17, 15) is 4.39 Å². The van der Waals surface area contributed by atoms with Crippen LogP contribution in [0.2, 0.25) is 0 Å². The summed E-state index contributed by atoms with van der Waals surface area (Å²) in [6.45, 7) is 6.13. The highest BCUT2D eigenvalue weighted by molar-refractivity contribution is 5.42. The molecule has 0 bridgehead atoms. The maximum absolute atomic E-state index is 12.8. The average Bonchev–Trinajstić information content (AvgIpc) is 2.41. The third kappa shape index (κ3) is 4.18. The van der Waals surface area contributed by atoms with E-state index in [1.165, 1.54) is 18.6 Å². The van der Waals surface area contributed by atoms with E-state index in [-0.39, 0.29) is 11.4 Å². The van der Waals surface area contributed by atoms with Gasteiger partial charge in [-0.05, 0) is 50.6 Å². The molecule has 0 amide bonds. The van der Waals surface area contributed by atoms with Crippen molar-refractivity contribution in [1.82, 2.24) is 4.90 Å². The monoisotopic (exact) mass is 266 g/mol. The van der Waals surface area contributed by atoms with Gasteiger partial charge in [0.05, 0.1) is 5.60 Å². The van der Waals surface area contributed by atoms with Crippen molar-refractivity contribution < 1.29 is 9.13 Å². The zero-order chi connectivity index (χ0) is 13.7. The Balaban J connectivity index is 1.75. The highest BCUT2D eigenvalue weighted by atomic mass is 19.1. The van der Waals surface area contributed by atoms with Crippen molar-refractivity contribution in [1.29, 1.82) is 0 Å². The van der Waals surface area contributed by atoms with Gasteiger partial charge < -0.3 is 10.1 Å². The molecular formula is C15H23FN2O. The lowest BCUT2D eigenvalue weighted by Crippen LogP contribution is -2.48. The lowest BCUT2D eigenvalue weighted by molar-refractivity contribution is -0.0496. The van der Waals surface area contributed by atoms with Crippen molar-refractivity contribution in [3.8, 4) is 0 Å². The highest BCUT2D eigenvalue weighted by Gasteiger charge is 2.30. The predicted molar refractivity (Wildman–Crippen MR) is 76.0 cm³/mol. The number of benzene rings is 1. The summed E-state index contributed by atoms with van der Waals surface area (Å²) in [5.41, 5.74) is 0.960. The van der Waals surface area contributed by atoms with Gasteiger partial charge in [-0.25, -0.2) is 4.39 Å². The van der Waals surface area contributed by atoms with E-state index < -0.39 is 0 Å². The topological polar surface area (TPSA) is 24.5 Å². The minimum absolute atomic E-state index is 0.00583. The van der Waals surface area contributed by atoms with Gasteiger partial charge in [-0.3, -0.25) is 4.90 Å². The zero-order valence-electron chi connectivity index (χ0n) is 11.8. The van der Waals surface area contributed by atoms with Crippen LogP contribution < -0.4 is 5.32 Å². The Morgan fingerprint density at radius 3 is 2.79 bits per heavy atom. The van der Waals surface area contributed by atoms with E-state index in [4.69, 9.17) is 4.74 Å². The van der Waals surface area contributed by atoms with Crippen LogP contribution in [0.25, 0.3) is 0 Å². The maximum Gasteiger partial charge on any atom is 0.123 e. The number of ether oxygens (including phenoxy) is 1. The van der Waals surface area contributed by atoms with Crippen LogP contribution in [-0.2, 0) is 4.74 Å². The van der Waals surface area contributed by atoms with Crippen LogP contribution >= 0.6 is 0 Å². The fourth-order valence-corrected chi connectivity index (χ4v) is 2.59. The van der Waals surface area contributed by atoms with Crippen LogP contribution in [0.1, 0.15) is 19.8 Å². The van der Waals surface area contributed by atoms with E-state index in [0.717, 1.165) is 38.3 Å². The van der Waals surface area contributed by atoms with Crippen LogP contribution in [0.5, 0.6) is 0 Å². The highest BCUT2D eigenvalue weighted by Crippen LogP contribution is 2.23. The minimum atomic E-state index is -0.197. The summed E-state index contributed by atoms with van der Waals surface area (Å²) < 4.78 is 18.4. The Morgan fingerprint density at radius 2 is 2.11 bits per heavy atom. The van der Waals surface area contributed by atoms with Crippen LogP contribution in [0.4, 0.5) is 10.1 Å². The normalized spacial score (nSPS) is 24.4. The number of rotatable bonds is 5. The second-order valence-corrected chi connectivity index (χ2v) is 5.47. The van der Waals surface area contributed by atoms with Gasteiger partial charge in [-0.1, -0.05) is 0 Å². The Hall–Kier alpha value is -1.13. The summed E-state index contributed by atoms with van der Waals surface area (Å²) in [5.74, 6) is -0.197. The molecule has 1 aromatic rings. The Morgan fingerprint density at radius 1 is 1.37 bits per heavy atom. The molecule has 0 saturated carbocycles. The quantitative estimate of drug-likeness (QED) is 0.887. The first-order valence-electron chi connectivity index (χ1n) is 6.88. The number of piperidine rings is 1. The lowest BCUT2D eigenvalue weighted by Gasteiger charge is -2.39. The Bertz CT molecular complexity index is 396. The second-order valence-electron chi connectivity index (χ2n) is 5.47. The van der Waals surface area contributed by atoms with Gasteiger partial charge in [0, 0.05) is 32.4 Å². The van der Waals surface area contributed by atoms with Crippen molar-refractivity contribution >= 4 is 5.69 Å². The molecule has 2 rings (SSSR count). The molecule has 1 aliphatic heterocycles. The average molecular weight is 266 g/mol. The zero-order valence-corrected chi connectivity index (χ0v) is 11.8. The van der Waals surface area contributed by atoms with Crippen molar-refractivity contribution in [3.05, 3.63) is 30.1 Å². The van der Waals surface area contributed by atoms with E-state index in [1.54, 1.807) is 19.2 Å². The molecule has 0 aliphatic carbocycles. The molecule has 106 valence electrons. The van der Waals surface area contributed by atoms with Crippen molar-refractivity contribution in [2.24, 2.45) is 0 Å². The largest absolute Gasteiger partial charge is 0.384 e. The number of hydrogen-bond acceptors (Lipinski definition) is 3. The third-order valence-corrected chi connectivity index (χ3v) is 3.83. The van der Waals surface area contributed by atoms with Gasteiger partial charge in [0.25, 0.3) is 0 Å². The van der Waals surface area contributed by atoms with Gasteiger partial charge in [-0.15, -0.1) is 0 Å². The van der Waals surface area contributed by atoms with Gasteiger partial charge in [-0.2, -0.15) is 0 Å². The fraction of sp³-hybridized carbons (Fsp3) is 0.600. The molecule has 1 heterocycles. The number of nitrogens with one attached hydrogen (secondary N) is 1. The minimum Gasteiger partial charge on any atom is -0.384 e. The molecule has 1 N–H and O–H groups in total. The smallest absolute Gasteiger partial charge is 0.123 e. The molecule has 1 atom stereocenters. The SMILES string of the molecule is COC1(C)CCCN(CCNc2ccc(F)cc2)C1. The predicted octanol–water partition coefficient (Wildman–Crippen LogP) is 2.74. The van der Waals surface area contributed by atoms with Gasteiger partial charge in [0.15, 0.2) is 0 Å². The molecule has 0 aromatic heterocycles. The van der Waals surface area contributed by atoms with E-state index in [0.29, 0.717) is 0 Å². The molecule has 0 spiro atoms. The number of hydrogen-bond donors (Lipinski definition) is 1. The molecule has 4 heteroatoms. The first kappa shape index (κ1) is 14.3. The van der Waals surface area contributed by atoms with Gasteiger partial charge >= 0.3 is 0 Å². The lowest BCUT2D eigenvalue weighted by atomic mass is 9.95. The van der Waals surface area contributed by atoms with Crippen LogP contribution in [-0.4, -0.2) is 43.8 Å². The molecular weight excluding hydrogens is 243 g/mol. The molecule has 1 unspecified atom stereocenters. The molecule has 1 saturated heterocycles. The van der Waals surface area contributed by atoms with Crippen LogP contribution in [0, 0.1) is 5.82 Å². The standard InChI is InChI=1S/C15H23FN2O/c1-15(19-2)8-3-10-18(12-15)11-9-17-14-6-4-13(16)5-7-14/h4-7,17H,3,8-12H2,1-2H3. The summed E-state index contributed by atoms with van der Waals surface area (Å²) in [5, 5.41) is 3.32. The van der Waals surface area contributed by atoms with Crippen LogP contribution in [0.15, 0.2) is 24.3 Å². The molecule has 3 nitrogen and oxygen atoms in total. The van der Waals surface area contributed by atoms with Gasteiger partial charge in [0.1, 0.15) is 5.82 Å². The third-order valence-electron chi connectivity index (χ3n) is 3.83. The number of halogens is 1. The summed E-state index contributed by atoms with van der Waals surface area (Å²) in [6, 6.07) is 6.49. The van der Waals surface area contributed by atoms with E-state index in [1.807, 2.05) is 0 Å². The molecule has 19 heavy (non-hydrogen) atoms. The Labute approximate surface area is 114 Å². The number of nitrogens with zero attached hydrogens (tertiary/aromatic N) is 1. The summed E-state index contributed by atoms with van der Waals surface area (Å²) in [7, 11) is 1.79. The maximum atomic E-state index is 12.8. The molecule has 1 aliphatic rings. The van der Waals surface area contributed by atoms with E-state index in [2.05, 4.69) is 17.1 Å². The second kappa shape index (κ2) is 6.35. The molecule has 1 fully saturated rings. The summed E-state index contributed by atoms with van der Waals surface area (Å²) in [6.07, 6.45) is 2.31. The molecule has 0 radical (unpaired) electrons.